The number of hydrogen-bond donors (Lipinski definition) is 1. The molecule has 1 N–H and O–H groups in total. The SMILES string of the molecule is O=C1CC(CBr)CN1c1nc(Cl)cc(=O)[nH]1. The highest BCUT2D eigenvalue weighted by Crippen LogP contribution is 2.23. The Morgan fingerprint density at radius 3 is 2.94 bits per heavy atom. The number of halogens is 2. The van der Waals surface area contributed by atoms with Crippen LogP contribution in [0.25, 0.3) is 0 Å². The van der Waals surface area contributed by atoms with E-state index in [1.165, 1.54) is 11.0 Å². The van der Waals surface area contributed by atoms with E-state index in [1.54, 1.807) is 0 Å². The molecule has 1 amide bonds. The standard InChI is InChI=1S/C9H9BrClN3O2/c10-3-5-1-8(16)14(4-5)9-12-6(11)2-7(15)13-9/h2,5H,1,3-4H2,(H,12,13,15). The van der Waals surface area contributed by atoms with Crippen molar-refractivity contribution in [3.8, 4) is 0 Å². The van der Waals surface area contributed by atoms with Crippen LogP contribution in [0.4, 0.5) is 5.95 Å². The molecule has 16 heavy (non-hydrogen) atoms. The number of hydrogen-bond acceptors (Lipinski definition) is 3. The Bertz CT molecular complexity index is 476. The molecule has 1 fully saturated rings. The number of nitrogens with zero attached hydrogens (tertiary/aromatic N) is 2. The van der Waals surface area contributed by atoms with Crippen molar-refractivity contribution in [3.63, 3.8) is 0 Å². The Kier molecular flexibility index (Phi) is 3.30. The maximum atomic E-state index is 11.7. The summed E-state index contributed by atoms with van der Waals surface area (Å²) in [5.41, 5.74) is -0.356. The molecular weight excluding hydrogens is 297 g/mol. The number of H-pyrrole nitrogens is 1. The number of rotatable bonds is 2. The molecular formula is C9H9BrClN3O2. The van der Waals surface area contributed by atoms with Gasteiger partial charge >= 0.3 is 0 Å². The third-order valence-electron chi connectivity index (χ3n) is 2.38. The number of aromatic amines is 1. The molecule has 7 heteroatoms. The smallest absolute Gasteiger partial charge is 0.253 e. The van der Waals surface area contributed by atoms with Crippen LogP contribution in [0.15, 0.2) is 10.9 Å². The minimum atomic E-state index is -0.356. The fraction of sp³-hybridized carbons (Fsp3) is 0.444. The van der Waals surface area contributed by atoms with Crippen LogP contribution in [0.1, 0.15) is 6.42 Å². The summed E-state index contributed by atoms with van der Waals surface area (Å²) in [6.07, 6.45) is 0.460. The summed E-state index contributed by atoms with van der Waals surface area (Å²) in [5, 5.41) is 0.842. The molecule has 0 aromatic carbocycles. The number of nitrogens with one attached hydrogen (secondary N) is 1. The molecule has 86 valence electrons. The lowest BCUT2D eigenvalue weighted by molar-refractivity contribution is -0.117. The number of carbonyl (C=O) groups is 1. The van der Waals surface area contributed by atoms with Gasteiger partial charge < -0.3 is 0 Å². The Labute approximate surface area is 105 Å². The summed E-state index contributed by atoms with van der Waals surface area (Å²) in [7, 11) is 0. The van der Waals surface area contributed by atoms with E-state index in [-0.39, 0.29) is 28.5 Å². The molecule has 2 rings (SSSR count). The summed E-state index contributed by atoms with van der Waals surface area (Å²) in [6.45, 7) is 0.549. The Balaban J connectivity index is 2.31. The van der Waals surface area contributed by atoms with Crippen molar-refractivity contribution in [2.75, 3.05) is 16.8 Å². The molecule has 1 aromatic heterocycles. The Morgan fingerprint density at radius 2 is 2.38 bits per heavy atom. The highest BCUT2D eigenvalue weighted by Gasteiger charge is 2.31. The lowest BCUT2D eigenvalue weighted by atomic mass is 10.2. The van der Waals surface area contributed by atoms with Crippen molar-refractivity contribution >= 4 is 39.4 Å². The van der Waals surface area contributed by atoms with Crippen LogP contribution in [0, 0.1) is 5.92 Å². The second-order valence-electron chi connectivity index (χ2n) is 3.62. The van der Waals surface area contributed by atoms with Gasteiger partial charge in [-0.2, -0.15) is 0 Å². The van der Waals surface area contributed by atoms with E-state index in [0.717, 1.165) is 5.33 Å². The minimum Gasteiger partial charge on any atom is -0.292 e. The summed E-state index contributed by atoms with van der Waals surface area (Å²) >= 11 is 9.00. The second-order valence-corrected chi connectivity index (χ2v) is 4.66. The van der Waals surface area contributed by atoms with Gasteiger partial charge in [0.2, 0.25) is 11.9 Å². The van der Waals surface area contributed by atoms with Crippen LogP contribution in [0.3, 0.4) is 0 Å². The van der Waals surface area contributed by atoms with Gasteiger partial charge in [-0.25, -0.2) is 4.98 Å². The molecule has 0 aliphatic carbocycles. The van der Waals surface area contributed by atoms with Crippen molar-refractivity contribution in [1.82, 2.24) is 9.97 Å². The monoisotopic (exact) mass is 305 g/mol. The summed E-state index contributed by atoms with van der Waals surface area (Å²) < 4.78 is 0. The topological polar surface area (TPSA) is 66.1 Å². The third-order valence-corrected chi connectivity index (χ3v) is 3.49. The molecule has 1 aromatic rings. The van der Waals surface area contributed by atoms with Gasteiger partial charge in [-0.1, -0.05) is 27.5 Å². The predicted octanol–water partition coefficient (Wildman–Crippen LogP) is 1.17. The lowest BCUT2D eigenvalue weighted by Crippen LogP contribution is -2.28. The first-order valence-electron chi connectivity index (χ1n) is 4.73. The predicted molar refractivity (Wildman–Crippen MR) is 64.1 cm³/mol. The van der Waals surface area contributed by atoms with E-state index in [9.17, 15) is 9.59 Å². The molecule has 0 bridgehead atoms. The average molecular weight is 307 g/mol. The fourth-order valence-corrected chi connectivity index (χ4v) is 2.25. The van der Waals surface area contributed by atoms with Crippen molar-refractivity contribution in [1.29, 1.82) is 0 Å². The van der Waals surface area contributed by atoms with E-state index < -0.39 is 0 Å². The maximum absolute atomic E-state index is 11.7. The van der Waals surface area contributed by atoms with Crippen LogP contribution >= 0.6 is 27.5 Å². The van der Waals surface area contributed by atoms with Crippen LogP contribution in [-0.2, 0) is 4.79 Å². The van der Waals surface area contributed by atoms with E-state index >= 15 is 0 Å². The van der Waals surface area contributed by atoms with E-state index in [1.807, 2.05) is 0 Å². The highest BCUT2D eigenvalue weighted by molar-refractivity contribution is 9.09. The number of alkyl halides is 1. The van der Waals surface area contributed by atoms with E-state index in [2.05, 4.69) is 25.9 Å². The van der Waals surface area contributed by atoms with Gasteiger partial charge in [-0.3, -0.25) is 19.5 Å². The lowest BCUT2D eigenvalue weighted by Gasteiger charge is -2.14. The molecule has 1 unspecified atom stereocenters. The van der Waals surface area contributed by atoms with Crippen molar-refractivity contribution in [2.24, 2.45) is 5.92 Å². The largest absolute Gasteiger partial charge is 0.292 e. The van der Waals surface area contributed by atoms with E-state index in [4.69, 9.17) is 11.6 Å². The maximum Gasteiger partial charge on any atom is 0.253 e. The first-order chi connectivity index (χ1) is 7.60. The number of amides is 1. The fourth-order valence-electron chi connectivity index (χ4n) is 1.63. The highest BCUT2D eigenvalue weighted by atomic mass is 79.9. The Hall–Kier alpha value is -0.880. The van der Waals surface area contributed by atoms with Crippen LogP contribution < -0.4 is 10.5 Å². The molecule has 5 nitrogen and oxygen atoms in total. The third kappa shape index (κ3) is 2.27. The molecule has 1 aliphatic heterocycles. The quantitative estimate of drug-likeness (QED) is 0.659. The van der Waals surface area contributed by atoms with Crippen LogP contribution in [-0.4, -0.2) is 27.7 Å². The van der Waals surface area contributed by atoms with Crippen molar-refractivity contribution in [3.05, 3.63) is 21.6 Å². The zero-order valence-electron chi connectivity index (χ0n) is 8.24. The first-order valence-corrected chi connectivity index (χ1v) is 6.23. The van der Waals surface area contributed by atoms with Crippen LogP contribution in [0.2, 0.25) is 5.15 Å². The molecule has 1 atom stereocenters. The zero-order valence-corrected chi connectivity index (χ0v) is 10.6. The number of aromatic nitrogens is 2. The zero-order chi connectivity index (χ0) is 11.7. The number of anilines is 1. The van der Waals surface area contributed by atoms with Gasteiger partial charge in [-0.05, 0) is 5.92 Å². The van der Waals surface area contributed by atoms with Gasteiger partial charge in [0.25, 0.3) is 5.56 Å². The summed E-state index contributed by atoms with van der Waals surface area (Å²) in [4.78, 5) is 30.8. The average Bonchev–Trinajstić information content (AvgIpc) is 2.58. The first kappa shape index (κ1) is 11.6. The molecule has 1 saturated heterocycles. The minimum absolute atomic E-state index is 0.0464. The number of carbonyl (C=O) groups excluding carboxylic acids is 1. The molecule has 2 heterocycles. The molecule has 0 saturated carbocycles. The normalized spacial score (nSPS) is 20.5. The summed E-state index contributed by atoms with van der Waals surface area (Å²) in [5.74, 6) is 0.428. The van der Waals surface area contributed by atoms with Crippen LogP contribution in [0.5, 0.6) is 0 Å². The van der Waals surface area contributed by atoms with Gasteiger partial charge in [0, 0.05) is 24.4 Å². The van der Waals surface area contributed by atoms with Crippen molar-refractivity contribution in [2.45, 2.75) is 6.42 Å². The van der Waals surface area contributed by atoms with Crippen molar-refractivity contribution < 1.29 is 4.79 Å². The van der Waals surface area contributed by atoms with Gasteiger partial charge in [-0.15, -0.1) is 0 Å². The molecule has 0 spiro atoms. The van der Waals surface area contributed by atoms with Gasteiger partial charge in [0.05, 0.1) is 0 Å². The Morgan fingerprint density at radius 1 is 1.62 bits per heavy atom. The van der Waals surface area contributed by atoms with E-state index in [0.29, 0.717) is 13.0 Å². The molecule has 0 radical (unpaired) electrons. The summed E-state index contributed by atoms with van der Waals surface area (Å²) in [6, 6.07) is 1.17. The van der Waals surface area contributed by atoms with Gasteiger partial charge in [0.15, 0.2) is 0 Å². The second kappa shape index (κ2) is 4.55. The molecule has 1 aliphatic rings. The van der Waals surface area contributed by atoms with Gasteiger partial charge in [0.1, 0.15) is 5.15 Å².